The van der Waals surface area contributed by atoms with Gasteiger partial charge in [-0.25, -0.2) is 8.42 Å². The zero-order valence-corrected chi connectivity index (χ0v) is 16.9. The molecule has 0 aromatic carbocycles. The van der Waals surface area contributed by atoms with Crippen molar-refractivity contribution in [3.8, 4) is 0 Å². The van der Waals surface area contributed by atoms with E-state index < -0.39 is 10.0 Å². The molecule has 0 aliphatic carbocycles. The smallest absolute Gasteiger partial charge is 0.252 e. The summed E-state index contributed by atoms with van der Waals surface area (Å²) in [5.41, 5.74) is 0. The summed E-state index contributed by atoms with van der Waals surface area (Å²) in [5, 5.41) is 6.56. The molecule has 0 aliphatic heterocycles. The SMILES string of the molecule is CCC(C)NC(=NC)NCCc1ccc(S(=O)(=O)N(CC)CC)s1. The predicted octanol–water partition coefficient (Wildman–Crippen LogP) is 2.28. The number of hydrogen-bond acceptors (Lipinski definition) is 4. The van der Waals surface area contributed by atoms with Crippen LogP contribution in [0.1, 0.15) is 39.0 Å². The van der Waals surface area contributed by atoms with Crippen LogP contribution in [0, 0.1) is 0 Å². The second kappa shape index (κ2) is 10.0. The monoisotopic (exact) mass is 374 g/mol. The van der Waals surface area contributed by atoms with Crippen LogP contribution in [0.5, 0.6) is 0 Å². The van der Waals surface area contributed by atoms with E-state index in [9.17, 15) is 8.42 Å². The predicted molar refractivity (Wildman–Crippen MR) is 102 cm³/mol. The Morgan fingerprint density at radius 2 is 1.96 bits per heavy atom. The molecule has 6 nitrogen and oxygen atoms in total. The molecule has 0 aliphatic rings. The van der Waals surface area contributed by atoms with Crippen LogP contribution in [0.25, 0.3) is 0 Å². The topological polar surface area (TPSA) is 73.8 Å². The molecular weight excluding hydrogens is 344 g/mol. The molecule has 1 heterocycles. The molecule has 1 atom stereocenters. The molecule has 1 aromatic rings. The maximum absolute atomic E-state index is 12.5. The van der Waals surface area contributed by atoms with Gasteiger partial charge in [0, 0.05) is 37.6 Å². The fourth-order valence-corrected chi connectivity index (χ4v) is 5.12. The number of nitrogens with one attached hydrogen (secondary N) is 2. The largest absolute Gasteiger partial charge is 0.356 e. The summed E-state index contributed by atoms with van der Waals surface area (Å²) in [6.45, 7) is 9.63. The van der Waals surface area contributed by atoms with E-state index in [0.717, 1.165) is 23.7 Å². The fourth-order valence-electron chi connectivity index (χ4n) is 2.16. The summed E-state index contributed by atoms with van der Waals surface area (Å²) in [4.78, 5) is 5.24. The Kier molecular flexibility index (Phi) is 8.72. The van der Waals surface area contributed by atoms with Crippen molar-refractivity contribution in [2.75, 3.05) is 26.7 Å². The quantitative estimate of drug-likeness (QED) is 0.514. The third-order valence-electron chi connectivity index (χ3n) is 3.82. The average Bonchev–Trinajstić information content (AvgIpc) is 3.04. The summed E-state index contributed by atoms with van der Waals surface area (Å²) >= 11 is 1.35. The van der Waals surface area contributed by atoms with Crippen LogP contribution in [0.4, 0.5) is 0 Å². The molecule has 0 fully saturated rings. The third-order valence-corrected chi connectivity index (χ3v) is 7.48. The van der Waals surface area contributed by atoms with Crippen molar-refractivity contribution >= 4 is 27.3 Å². The first-order chi connectivity index (χ1) is 11.4. The first kappa shape index (κ1) is 20.9. The highest BCUT2D eigenvalue weighted by Crippen LogP contribution is 2.25. The van der Waals surface area contributed by atoms with Crippen LogP contribution in [-0.4, -0.2) is 51.4 Å². The van der Waals surface area contributed by atoms with Gasteiger partial charge in [0.25, 0.3) is 10.0 Å². The van der Waals surface area contributed by atoms with Crippen LogP contribution in [-0.2, 0) is 16.4 Å². The normalized spacial score (nSPS) is 14.0. The first-order valence-corrected chi connectivity index (χ1v) is 10.7. The van der Waals surface area contributed by atoms with E-state index in [-0.39, 0.29) is 0 Å². The van der Waals surface area contributed by atoms with Gasteiger partial charge in [0.1, 0.15) is 4.21 Å². The Morgan fingerprint density at radius 1 is 1.29 bits per heavy atom. The summed E-state index contributed by atoms with van der Waals surface area (Å²) in [5.74, 6) is 0.775. The molecule has 8 heteroatoms. The van der Waals surface area contributed by atoms with Crippen LogP contribution >= 0.6 is 11.3 Å². The molecular formula is C16H30N4O2S2. The number of aliphatic imine (C=N–C) groups is 1. The van der Waals surface area contributed by atoms with Crippen LogP contribution in [0.2, 0.25) is 0 Å². The van der Waals surface area contributed by atoms with Gasteiger partial charge < -0.3 is 10.6 Å². The number of guanidine groups is 1. The number of hydrogen-bond donors (Lipinski definition) is 2. The Labute approximate surface area is 150 Å². The Bertz CT molecular complexity index is 622. The van der Waals surface area contributed by atoms with Crippen molar-refractivity contribution in [3.63, 3.8) is 0 Å². The lowest BCUT2D eigenvalue weighted by Crippen LogP contribution is -2.42. The second-order valence-electron chi connectivity index (χ2n) is 5.51. The summed E-state index contributed by atoms with van der Waals surface area (Å²) in [6, 6.07) is 3.97. The number of thiophene rings is 1. The van der Waals surface area contributed by atoms with Crippen molar-refractivity contribution in [1.82, 2.24) is 14.9 Å². The van der Waals surface area contributed by atoms with Gasteiger partial charge in [-0.05, 0) is 31.9 Å². The highest BCUT2D eigenvalue weighted by Gasteiger charge is 2.23. The van der Waals surface area contributed by atoms with Gasteiger partial charge >= 0.3 is 0 Å². The first-order valence-electron chi connectivity index (χ1n) is 8.44. The van der Waals surface area contributed by atoms with E-state index in [1.807, 2.05) is 19.9 Å². The van der Waals surface area contributed by atoms with Crippen molar-refractivity contribution in [2.45, 2.75) is 50.8 Å². The van der Waals surface area contributed by atoms with E-state index >= 15 is 0 Å². The molecule has 1 unspecified atom stereocenters. The molecule has 0 radical (unpaired) electrons. The third kappa shape index (κ3) is 5.75. The summed E-state index contributed by atoms with van der Waals surface area (Å²) in [7, 11) is -1.60. The van der Waals surface area contributed by atoms with Gasteiger partial charge in [0.2, 0.25) is 0 Å². The standard InChI is InChI=1S/C16H30N4O2S2/c1-6-13(4)19-16(17-5)18-12-11-14-9-10-15(23-14)24(21,22)20(7-2)8-3/h9-10,13H,6-8,11-12H2,1-5H3,(H2,17,18,19). The molecule has 0 saturated carbocycles. The molecule has 0 bridgehead atoms. The molecule has 24 heavy (non-hydrogen) atoms. The van der Waals surface area contributed by atoms with Gasteiger partial charge in [0.05, 0.1) is 0 Å². The minimum absolute atomic E-state index is 0.365. The van der Waals surface area contributed by atoms with Crippen LogP contribution in [0.15, 0.2) is 21.3 Å². The zero-order chi connectivity index (χ0) is 18.2. The van der Waals surface area contributed by atoms with E-state index in [1.165, 1.54) is 15.6 Å². The molecule has 0 spiro atoms. The molecule has 1 rings (SSSR count). The lowest BCUT2D eigenvalue weighted by molar-refractivity contribution is 0.447. The van der Waals surface area contributed by atoms with E-state index in [2.05, 4.69) is 29.5 Å². The van der Waals surface area contributed by atoms with E-state index in [1.54, 1.807) is 13.1 Å². The van der Waals surface area contributed by atoms with Gasteiger partial charge in [-0.15, -0.1) is 11.3 Å². The second-order valence-corrected chi connectivity index (χ2v) is 8.85. The van der Waals surface area contributed by atoms with Gasteiger partial charge in [-0.3, -0.25) is 4.99 Å². The summed E-state index contributed by atoms with van der Waals surface area (Å²) in [6.07, 6.45) is 1.79. The van der Waals surface area contributed by atoms with Crippen molar-refractivity contribution in [3.05, 3.63) is 17.0 Å². The number of sulfonamides is 1. The van der Waals surface area contributed by atoms with Gasteiger partial charge in [-0.1, -0.05) is 20.8 Å². The Hall–Kier alpha value is -1.12. The van der Waals surface area contributed by atoms with Crippen molar-refractivity contribution in [2.24, 2.45) is 4.99 Å². The molecule has 0 saturated heterocycles. The van der Waals surface area contributed by atoms with E-state index in [0.29, 0.717) is 29.9 Å². The molecule has 0 amide bonds. The highest BCUT2D eigenvalue weighted by molar-refractivity contribution is 7.91. The molecule has 2 N–H and O–H groups in total. The number of rotatable bonds is 9. The van der Waals surface area contributed by atoms with Gasteiger partial charge in [0.15, 0.2) is 5.96 Å². The van der Waals surface area contributed by atoms with Crippen molar-refractivity contribution in [1.29, 1.82) is 0 Å². The lowest BCUT2D eigenvalue weighted by Gasteiger charge is -2.17. The van der Waals surface area contributed by atoms with Crippen LogP contribution < -0.4 is 10.6 Å². The van der Waals surface area contributed by atoms with Gasteiger partial charge in [-0.2, -0.15) is 4.31 Å². The Balaban J connectivity index is 2.62. The average molecular weight is 375 g/mol. The zero-order valence-electron chi connectivity index (χ0n) is 15.3. The fraction of sp³-hybridized carbons (Fsp3) is 0.688. The maximum atomic E-state index is 12.5. The number of nitrogens with zero attached hydrogens (tertiary/aromatic N) is 2. The van der Waals surface area contributed by atoms with Crippen LogP contribution in [0.3, 0.4) is 0 Å². The minimum atomic E-state index is -3.35. The van der Waals surface area contributed by atoms with E-state index in [4.69, 9.17) is 0 Å². The maximum Gasteiger partial charge on any atom is 0.252 e. The minimum Gasteiger partial charge on any atom is -0.356 e. The highest BCUT2D eigenvalue weighted by atomic mass is 32.2. The molecule has 138 valence electrons. The Morgan fingerprint density at radius 3 is 2.50 bits per heavy atom. The summed E-state index contributed by atoms with van der Waals surface area (Å²) < 4.78 is 26.9. The molecule has 1 aromatic heterocycles. The lowest BCUT2D eigenvalue weighted by atomic mass is 10.3. The van der Waals surface area contributed by atoms with Crippen molar-refractivity contribution < 1.29 is 8.42 Å².